The van der Waals surface area contributed by atoms with Gasteiger partial charge in [0.1, 0.15) is 5.75 Å². The molecule has 0 bridgehead atoms. The second-order valence-corrected chi connectivity index (χ2v) is 5.32. The lowest BCUT2D eigenvalue weighted by Gasteiger charge is -2.16. The zero-order valence-electron chi connectivity index (χ0n) is 11.3. The Bertz CT molecular complexity index is 435. The summed E-state index contributed by atoms with van der Waals surface area (Å²) in [6.07, 6.45) is 0.258. The molecule has 1 aromatic rings. The normalized spacial score (nSPS) is 13.7. The van der Waals surface area contributed by atoms with Gasteiger partial charge in [-0.3, -0.25) is 0 Å². The zero-order chi connectivity index (χ0) is 14.4. The van der Waals surface area contributed by atoms with Gasteiger partial charge in [-0.25, -0.2) is 4.79 Å². The molecule has 0 aliphatic carbocycles. The molecule has 0 N–H and O–H groups in total. The molecule has 2 unspecified atom stereocenters. The van der Waals surface area contributed by atoms with Gasteiger partial charge in [-0.1, -0.05) is 43.5 Å². The second kappa shape index (κ2) is 7.61. The SMILES string of the molecule is CCC(C)COC(=O)C(C)Oc1ccc(Cl)cc1Cl. The third kappa shape index (κ3) is 5.29. The molecule has 19 heavy (non-hydrogen) atoms. The number of ether oxygens (including phenoxy) is 2. The molecule has 0 saturated carbocycles. The molecule has 0 saturated heterocycles. The quantitative estimate of drug-likeness (QED) is 0.733. The standard InChI is InChI=1S/C14H18Cl2O3/c1-4-9(2)8-18-14(17)10(3)19-13-6-5-11(15)7-12(13)16/h5-7,9-10H,4,8H2,1-3H3. The molecule has 2 atom stereocenters. The van der Waals surface area contributed by atoms with Crippen LogP contribution in [0, 0.1) is 5.92 Å². The number of hydrogen-bond acceptors (Lipinski definition) is 3. The van der Waals surface area contributed by atoms with E-state index in [0.29, 0.717) is 28.3 Å². The van der Waals surface area contributed by atoms with Crippen LogP contribution in [0.2, 0.25) is 10.0 Å². The molecule has 0 spiro atoms. The average Bonchev–Trinajstić information content (AvgIpc) is 2.38. The van der Waals surface area contributed by atoms with Crippen LogP contribution in [-0.2, 0) is 9.53 Å². The van der Waals surface area contributed by atoms with Crippen molar-refractivity contribution in [2.24, 2.45) is 5.92 Å². The Morgan fingerprint density at radius 3 is 2.58 bits per heavy atom. The Morgan fingerprint density at radius 2 is 2.00 bits per heavy atom. The summed E-state index contributed by atoms with van der Waals surface area (Å²) in [5.41, 5.74) is 0. The van der Waals surface area contributed by atoms with Crippen molar-refractivity contribution in [2.75, 3.05) is 6.61 Å². The molecule has 0 heterocycles. The van der Waals surface area contributed by atoms with Crippen molar-refractivity contribution in [3.8, 4) is 5.75 Å². The van der Waals surface area contributed by atoms with Crippen LogP contribution in [0.1, 0.15) is 27.2 Å². The van der Waals surface area contributed by atoms with Crippen LogP contribution in [0.3, 0.4) is 0 Å². The van der Waals surface area contributed by atoms with Gasteiger partial charge in [0, 0.05) is 5.02 Å². The van der Waals surface area contributed by atoms with Crippen LogP contribution in [-0.4, -0.2) is 18.7 Å². The summed E-state index contributed by atoms with van der Waals surface area (Å²) < 4.78 is 10.6. The van der Waals surface area contributed by atoms with Crippen molar-refractivity contribution >= 4 is 29.2 Å². The second-order valence-electron chi connectivity index (χ2n) is 4.48. The molecular formula is C14H18Cl2O3. The lowest BCUT2D eigenvalue weighted by molar-refractivity contribution is -0.152. The summed E-state index contributed by atoms with van der Waals surface area (Å²) >= 11 is 11.8. The monoisotopic (exact) mass is 304 g/mol. The van der Waals surface area contributed by atoms with Crippen molar-refractivity contribution in [1.29, 1.82) is 0 Å². The molecule has 0 aliphatic rings. The molecular weight excluding hydrogens is 287 g/mol. The van der Waals surface area contributed by atoms with Gasteiger partial charge in [0.15, 0.2) is 6.10 Å². The first-order chi connectivity index (χ1) is 8.93. The first-order valence-electron chi connectivity index (χ1n) is 6.22. The van der Waals surface area contributed by atoms with Gasteiger partial charge in [0.2, 0.25) is 0 Å². The number of carbonyl (C=O) groups excluding carboxylic acids is 1. The lowest BCUT2D eigenvalue weighted by atomic mass is 10.1. The molecule has 3 nitrogen and oxygen atoms in total. The fraction of sp³-hybridized carbons (Fsp3) is 0.500. The van der Waals surface area contributed by atoms with E-state index < -0.39 is 12.1 Å². The fourth-order valence-corrected chi connectivity index (χ4v) is 1.72. The van der Waals surface area contributed by atoms with Crippen molar-refractivity contribution in [1.82, 2.24) is 0 Å². The smallest absolute Gasteiger partial charge is 0.347 e. The summed E-state index contributed by atoms with van der Waals surface area (Å²) in [7, 11) is 0. The minimum atomic E-state index is -0.706. The number of carbonyl (C=O) groups is 1. The van der Waals surface area contributed by atoms with Crippen molar-refractivity contribution in [2.45, 2.75) is 33.3 Å². The van der Waals surface area contributed by atoms with Gasteiger partial charge in [-0.05, 0) is 31.0 Å². The molecule has 0 aliphatic heterocycles. The molecule has 106 valence electrons. The Labute approximate surface area is 123 Å². The number of rotatable bonds is 6. The van der Waals surface area contributed by atoms with Crippen LogP contribution in [0.5, 0.6) is 5.75 Å². The largest absolute Gasteiger partial charge is 0.477 e. The van der Waals surface area contributed by atoms with Crippen LogP contribution in [0.15, 0.2) is 18.2 Å². The minimum absolute atomic E-state index is 0.343. The highest BCUT2D eigenvalue weighted by atomic mass is 35.5. The Morgan fingerprint density at radius 1 is 1.32 bits per heavy atom. The third-order valence-corrected chi connectivity index (χ3v) is 3.27. The number of esters is 1. The van der Waals surface area contributed by atoms with E-state index in [9.17, 15) is 4.79 Å². The predicted octanol–water partition coefficient (Wildman–Crippen LogP) is 4.35. The van der Waals surface area contributed by atoms with E-state index in [1.807, 2.05) is 13.8 Å². The van der Waals surface area contributed by atoms with Crippen LogP contribution < -0.4 is 4.74 Å². The highest BCUT2D eigenvalue weighted by Gasteiger charge is 2.18. The van der Waals surface area contributed by atoms with E-state index in [1.165, 1.54) is 0 Å². The maximum absolute atomic E-state index is 11.7. The summed E-state index contributed by atoms with van der Waals surface area (Å²) in [5.74, 6) is 0.362. The van der Waals surface area contributed by atoms with Crippen molar-refractivity contribution in [3.05, 3.63) is 28.2 Å². The Balaban J connectivity index is 2.54. The first kappa shape index (κ1) is 16.1. The summed E-state index contributed by atoms with van der Waals surface area (Å²) in [4.78, 5) is 11.7. The first-order valence-corrected chi connectivity index (χ1v) is 6.98. The summed E-state index contributed by atoms with van der Waals surface area (Å²) in [6, 6.07) is 4.85. The van der Waals surface area contributed by atoms with E-state index in [4.69, 9.17) is 32.7 Å². The topological polar surface area (TPSA) is 35.5 Å². The average molecular weight is 305 g/mol. The van der Waals surface area contributed by atoms with Crippen LogP contribution in [0.4, 0.5) is 0 Å². The maximum atomic E-state index is 11.7. The van der Waals surface area contributed by atoms with Gasteiger partial charge in [0.25, 0.3) is 0 Å². The molecule has 5 heteroatoms. The maximum Gasteiger partial charge on any atom is 0.347 e. The molecule has 0 amide bonds. The van der Waals surface area contributed by atoms with E-state index in [1.54, 1.807) is 25.1 Å². The van der Waals surface area contributed by atoms with Crippen LogP contribution in [0.25, 0.3) is 0 Å². The van der Waals surface area contributed by atoms with E-state index in [2.05, 4.69) is 0 Å². The van der Waals surface area contributed by atoms with Crippen molar-refractivity contribution < 1.29 is 14.3 Å². The molecule has 1 aromatic carbocycles. The lowest BCUT2D eigenvalue weighted by Crippen LogP contribution is -2.27. The minimum Gasteiger partial charge on any atom is -0.477 e. The molecule has 1 rings (SSSR count). The van der Waals surface area contributed by atoms with Crippen LogP contribution >= 0.6 is 23.2 Å². The van der Waals surface area contributed by atoms with Gasteiger partial charge >= 0.3 is 5.97 Å². The van der Waals surface area contributed by atoms with Gasteiger partial charge in [-0.15, -0.1) is 0 Å². The highest BCUT2D eigenvalue weighted by molar-refractivity contribution is 6.35. The fourth-order valence-electron chi connectivity index (χ4n) is 1.27. The predicted molar refractivity (Wildman–Crippen MR) is 77.0 cm³/mol. The van der Waals surface area contributed by atoms with Gasteiger partial charge in [-0.2, -0.15) is 0 Å². The zero-order valence-corrected chi connectivity index (χ0v) is 12.8. The molecule has 0 aromatic heterocycles. The molecule has 0 fully saturated rings. The third-order valence-electron chi connectivity index (χ3n) is 2.74. The summed E-state index contributed by atoms with van der Waals surface area (Å²) in [6.45, 7) is 6.10. The number of halogens is 2. The van der Waals surface area contributed by atoms with E-state index in [-0.39, 0.29) is 0 Å². The van der Waals surface area contributed by atoms with Crippen molar-refractivity contribution in [3.63, 3.8) is 0 Å². The summed E-state index contributed by atoms with van der Waals surface area (Å²) in [5, 5.41) is 0.887. The van der Waals surface area contributed by atoms with Gasteiger partial charge < -0.3 is 9.47 Å². The van der Waals surface area contributed by atoms with E-state index >= 15 is 0 Å². The van der Waals surface area contributed by atoms with Gasteiger partial charge in [0.05, 0.1) is 11.6 Å². The Hall–Kier alpha value is -0.930. The number of hydrogen-bond donors (Lipinski definition) is 0. The molecule has 0 radical (unpaired) electrons. The number of benzene rings is 1. The highest BCUT2D eigenvalue weighted by Crippen LogP contribution is 2.28. The van der Waals surface area contributed by atoms with E-state index in [0.717, 1.165) is 6.42 Å². The Kier molecular flexibility index (Phi) is 6.46.